The Labute approximate surface area is 106 Å². The van der Waals surface area contributed by atoms with Gasteiger partial charge in [-0.2, -0.15) is 0 Å². The summed E-state index contributed by atoms with van der Waals surface area (Å²) in [6.45, 7) is 0.311. The molecular formula is C13H17NO4. The third-order valence-electron chi connectivity index (χ3n) is 2.43. The molecule has 2 N–H and O–H groups in total. The van der Waals surface area contributed by atoms with Gasteiger partial charge in [0.05, 0.1) is 19.6 Å². The Hall–Kier alpha value is -1.88. The Kier molecular flexibility index (Phi) is 5.87. The molecule has 0 heterocycles. The average Bonchev–Trinajstić information content (AvgIpc) is 2.39. The maximum Gasteiger partial charge on any atom is 0.308 e. The minimum Gasteiger partial charge on any atom is -0.469 e. The molecule has 1 rings (SSSR count). The fourth-order valence-corrected chi connectivity index (χ4v) is 1.42. The molecule has 1 unspecified atom stereocenters. The lowest BCUT2D eigenvalue weighted by atomic mass is 10.1. The van der Waals surface area contributed by atoms with Crippen molar-refractivity contribution in [3.63, 3.8) is 0 Å². The van der Waals surface area contributed by atoms with Gasteiger partial charge < -0.3 is 15.2 Å². The van der Waals surface area contributed by atoms with E-state index < -0.39 is 12.1 Å². The minimum absolute atomic E-state index is 0.0578. The van der Waals surface area contributed by atoms with Gasteiger partial charge in [-0.05, 0) is 18.6 Å². The molecular weight excluding hydrogens is 234 g/mol. The number of nitrogens with one attached hydrogen (secondary N) is 1. The lowest BCUT2D eigenvalue weighted by Gasteiger charge is -2.10. The van der Waals surface area contributed by atoms with Gasteiger partial charge in [0.25, 0.3) is 5.91 Å². The zero-order valence-electron chi connectivity index (χ0n) is 10.3. The van der Waals surface area contributed by atoms with Crippen molar-refractivity contribution >= 4 is 11.9 Å². The van der Waals surface area contributed by atoms with E-state index in [1.165, 1.54) is 7.11 Å². The van der Waals surface area contributed by atoms with Gasteiger partial charge in [0.2, 0.25) is 0 Å². The van der Waals surface area contributed by atoms with Crippen LogP contribution in [0.5, 0.6) is 0 Å². The first-order valence-electron chi connectivity index (χ1n) is 5.71. The second kappa shape index (κ2) is 7.45. The summed E-state index contributed by atoms with van der Waals surface area (Å²) in [5.41, 5.74) is 0.569. The normalized spacial score (nSPS) is 11.7. The van der Waals surface area contributed by atoms with E-state index in [9.17, 15) is 14.7 Å². The Bertz CT molecular complexity index is 391. The molecule has 1 amide bonds. The first kappa shape index (κ1) is 14.2. The van der Waals surface area contributed by atoms with Crippen molar-refractivity contribution in [2.45, 2.75) is 18.9 Å². The number of hydrogen-bond acceptors (Lipinski definition) is 4. The zero-order valence-corrected chi connectivity index (χ0v) is 10.3. The number of aliphatic hydroxyl groups excluding tert-OH is 1. The minimum atomic E-state index is -0.798. The largest absolute Gasteiger partial charge is 0.469 e. The molecule has 98 valence electrons. The maximum absolute atomic E-state index is 11.6. The van der Waals surface area contributed by atoms with Crippen molar-refractivity contribution in [1.29, 1.82) is 0 Å². The van der Waals surface area contributed by atoms with Crippen LogP contribution in [0.2, 0.25) is 0 Å². The number of carbonyl (C=O) groups excluding carboxylic acids is 2. The van der Waals surface area contributed by atoms with E-state index in [1.807, 2.05) is 6.07 Å². The average molecular weight is 251 g/mol. The van der Waals surface area contributed by atoms with Crippen molar-refractivity contribution in [3.05, 3.63) is 35.9 Å². The SMILES string of the molecule is COC(=O)CC(O)CCNC(=O)c1ccccc1. The first-order valence-corrected chi connectivity index (χ1v) is 5.71. The van der Waals surface area contributed by atoms with E-state index >= 15 is 0 Å². The van der Waals surface area contributed by atoms with Crippen LogP contribution in [-0.4, -0.2) is 36.7 Å². The molecule has 0 fully saturated rings. The van der Waals surface area contributed by atoms with Crippen LogP contribution in [0.4, 0.5) is 0 Å². The molecule has 0 spiro atoms. The lowest BCUT2D eigenvalue weighted by Crippen LogP contribution is -2.28. The van der Waals surface area contributed by atoms with Crippen LogP contribution in [0.15, 0.2) is 30.3 Å². The second-order valence-electron chi connectivity index (χ2n) is 3.84. The predicted octanol–water partition coefficient (Wildman–Crippen LogP) is 0.730. The molecule has 1 aromatic carbocycles. The number of carbonyl (C=O) groups is 2. The monoisotopic (exact) mass is 251 g/mol. The Morgan fingerprint density at radius 2 is 2.00 bits per heavy atom. The van der Waals surface area contributed by atoms with Gasteiger partial charge in [-0.1, -0.05) is 18.2 Å². The highest BCUT2D eigenvalue weighted by Gasteiger charge is 2.11. The van der Waals surface area contributed by atoms with Gasteiger partial charge in [-0.15, -0.1) is 0 Å². The van der Waals surface area contributed by atoms with E-state index in [0.717, 1.165) is 0 Å². The van der Waals surface area contributed by atoms with Crippen LogP contribution in [0.25, 0.3) is 0 Å². The Balaban J connectivity index is 2.26. The summed E-state index contributed by atoms with van der Waals surface area (Å²) in [6.07, 6.45) is -0.542. The van der Waals surface area contributed by atoms with E-state index in [-0.39, 0.29) is 12.3 Å². The van der Waals surface area contributed by atoms with Crippen LogP contribution in [0.3, 0.4) is 0 Å². The fourth-order valence-electron chi connectivity index (χ4n) is 1.42. The summed E-state index contributed by atoms with van der Waals surface area (Å²) in [5, 5.41) is 12.2. The Morgan fingerprint density at radius 1 is 1.33 bits per heavy atom. The van der Waals surface area contributed by atoms with E-state index in [1.54, 1.807) is 24.3 Å². The summed E-state index contributed by atoms with van der Waals surface area (Å²) >= 11 is 0. The highest BCUT2D eigenvalue weighted by molar-refractivity contribution is 5.94. The van der Waals surface area contributed by atoms with Crippen LogP contribution in [0, 0.1) is 0 Å². The highest BCUT2D eigenvalue weighted by Crippen LogP contribution is 2.00. The van der Waals surface area contributed by atoms with E-state index in [0.29, 0.717) is 18.5 Å². The van der Waals surface area contributed by atoms with Crippen molar-refractivity contribution in [2.24, 2.45) is 0 Å². The van der Waals surface area contributed by atoms with Crippen molar-refractivity contribution in [3.8, 4) is 0 Å². The molecule has 0 bridgehead atoms. The van der Waals surface area contributed by atoms with Crippen LogP contribution >= 0.6 is 0 Å². The van der Waals surface area contributed by atoms with Gasteiger partial charge in [-0.25, -0.2) is 0 Å². The van der Waals surface area contributed by atoms with Crippen molar-refractivity contribution in [2.75, 3.05) is 13.7 Å². The van der Waals surface area contributed by atoms with E-state index in [2.05, 4.69) is 10.1 Å². The highest BCUT2D eigenvalue weighted by atomic mass is 16.5. The summed E-state index contributed by atoms with van der Waals surface area (Å²) in [5.74, 6) is -0.655. The molecule has 0 radical (unpaired) electrons. The molecule has 0 saturated heterocycles. The van der Waals surface area contributed by atoms with Crippen LogP contribution in [0.1, 0.15) is 23.2 Å². The topological polar surface area (TPSA) is 75.6 Å². The van der Waals surface area contributed by atoms with Crippen LogP contribution < -0.4 is 5.32 Å². The molecule has 1 aromatic rings. The van der Waals surface area contributed by atoms with Crippen molar-refractivity contribution in [1.82, 2.24) is 5.32 Å². The molecule has 5 heteroatoms. The van der Waals surface area contributed by atoms with Crippen LogP contribution in [-0.2, 0) is 9.53 Å². The zero-order chi connectivity index (χ0) is 13.4. The molecule has 1 atom stereocenters. The number of ether oxygens (including phenoxy) is 1. The first-order chi connectivity index (χ1) is 8.63. The molecule has 0 aliphatic rings. The molecule has 5 nitrogen and oxygen atoms in total. The predicted molar refractivity (Wildman–Crippen MR) is 66.0 cm³/mol. The number of hydrogen-bond donors (Lipinski definition) is 2. The summed E-state index contributed by atoms with van der Waals surface area (Å²) in [4.78, 5) is 22.5. The third-order valence-corrected chi connectivity index (χ3v) is 2.43. The third kappa shape index (κ3) is 4.97. The second-order valence-corrected chi connectivity index (χ2v) is 3.84. The molecule has 0 saturated carbocycles. The van der Waals surface area contributed by atoms with E-state index in [4.69, 9.17) is 0 Å². The number of amides is 1. The van der Waals surface area contributed by atoms with Gasteiger partial charge in [0.15, 0.2) is 0 Å². The standard InChI is InChI=1S/C13H17NO4/c1-18-12(16)9-11(15)7-8-14-13(17)10-5-3-2-4-6-10/h2-6,11,15H,7-9H2,1H3,(H,14,17). The van der Waals surface area contributed by atoms with Gasteiger partial charge in [0, 0.05) is 12.1 Å². The van der Waals surface area contributed by atoms with Gasteiger partial charge >= 0.3 is 5.97 Å². The number of esters is 1. The molecule has 0 aliphatic carbocycles. The number of rotatable bonds is 6. The maximum atomic E-state index is 11.6. The quantitative estimate of drug-likeness (QED) is 0.731. The molecule has 18 heavy (non-hydrogen) atoms. The summed E-state index contributed by atoms with van der Waals surface area (Å²) in [6, 6.07) is 8.80. The molecule has 0 aromatic heterocycles. The number of benzene rings is 1. The number of aliphatic hydroxyl groups is 1. The smallest absolute Gasteiger partial charge is 0.308 e. The number of methoxy groups -OCH3 is 1. The fraction of sp³-hybridized carbons (Fsp3) is 0.385. The van der Waals surface area contributed by atoms with Crippen molar-refractivity contribution < 1.29 is 19.4 Å². The van der Waals surface area contributed by atoms with Gasteiger partial charge in [-0.3, -0.25) is 9.59 Å². The molecule has 0 aliphatic heterocycles. The van der Waals surface area contributed by atoms with Gasteiger partial charge in [0.1, 0.15) is 0 Å². The summed E-state index contributed by atoms with van der Waals surface area (Å²) in [7, 11) is 1.27. The summed E-state index contributed by atoms with van der Waals surface area (Å²) < 4.78 is 4.43. The Morgan fingerprint density at radius 3 is 2.61 bits per heavy atom. The lowest BCUT2D eigenvalue weighted by molar-refractivity contribution is -0.142.